The first-order valence-corrected chi connectivity index (χ1v) is 9.41. The van der Waals surface area contributed by atoms with Gasteiger partial charge in [-0.2, -0.15) is 0 Å². The molecule has 0 aliphatic carbocycles. The molecule has 3 aromatic carbocycles. The molecule has 1 amide bonds. The van der Waals surface area contributed by atoms with E-state index in [9.17, 15) is 4.79 Å². The van der Waals surface area contributed by atoms with Crippen LogP contribution in [-0.4, -0.2) is 5.91 Å². The summed E-state index contributed by atoms with van der Waals surface area (Å²) in [5, 5.41) is 2.89. The average Bonchev–Trinajstić information content (AvgIpc) is 2.68. The van der Waals surface area contributed by atoms with E-state index in [0.717, 1.165) is 32.6 Å². The molecule has 3 rings (SSSR count). The van der Waals surface area contributed by atoms with Crippen LogP contribution in [0.4, 0.5) is 5.69 Å². The monoisotopic (exact) mass is 421 g/mol. The normalized spacial score (nSPS) is 10.7. The molecule has 0 heterocycles. The van der Waals surface area contributed by atoms with Gasteiger partial charge in [-0.05, 0) is 60.0 Å². The number of amides is 1. The lowest BCUT2D eigenvalue weighted by molar-refractivity contribution is -0.111. The predicted octanol–water partition coefficient (Wildman–Crippen LogP) is 5.99. The predicted molar refractivity (Wildman–Crippen MR) is 114 cm³/mol. The Morgan fingerprint density at radius 3 is 2.63 bits per heavy atom. The van der Waals surface area contributed by atoms with Crippen LogP contribution in [0.3, 0.4) is 0 Å². The highest BCUT2D eigenvalue weighted by Gasteiger charge is 2.02. The van der Waals surface area contributed by atoms with Gasteiger partial charge in [0.1, 0.15) is 12.4 Å². The second-order valence-electron chi connectivity index (χ2n) is 6.13. The van der Waals surface area contributed by atoms with E-state index in [4.69, 9.17) is 4.74 Å². The Bertz CT molecular complexity index is 952. The van der Waals surface area contributed by atoms with E-state index in [-0.39, 0.29) is 5.91 Å². The number of hydrogen-bond acceptors (Lipinski definition) is 2. The number of carbonyl (C=O) groups is 1. The van der Waals surface area contributed by atoms with Gasteiger partial charge < -0.3 is 10.1 Å². The molecule has 0 aliphatic heterocycles. The molecular formula is C23H20BrNO2. The molecule has 0 saturated carbocycles. The van der Waals surface area contributed by atoms with Crippen LogP contribution in [-0.2, 0) is 11.4 Å². The van der Waals surface area contributed by atoms with E-state index in [1.807, 2.05) is 79.7 Å². The highest BCUT2D eigenvalue weighted by molar-refractivity contribution is 9.10. The van der Waals surface area contributed by atoms with Crippen LogP contribution < -0.4 is 10.1 Å². The van der Waals surface area contributed by atoms with Gasteiger partial charge in [0.25, 0.3) is 0 Å². The summed E-state index contributed by atoms with van der Waals surface area (Å²) < 4.78 is 6.81. The second kappa shape index (κ2) is 9.19. The van der Waals surface area contributed by atoms with Crippen molar-refractivity contribution in [1.82, 2.24) is 0 Å². The molecule has 136 valence electrons. The first kappa shape index (κ1) is 18.9. The minimum Gasteiger partial charge on any atom is -0.489 e. The van der Waals surface area contributed by atoms with E-state index in [1.165, 1.54) is 6.08 Å². The molecule has 0 fully saturated rings. The third kappa shape index (κ3) is 5.83. The minimum atomic E-state index is -0.170. The highest BCUT2D eigenvalue weighted by atomic mass is 79.9. The van der Waals surface area contributed by atoms with Crippen molar-refractivity contribution >= 4 is 33.6 Å². The lowest BCUT2D eigenvalue weighted by Gasteiger charge is -2.07. The fourth-order valence-electron chi connectivity index (χ4n) is 2.56. The van der Waals surface area contributed by atoms with Gasteiger partial charge in [0.05, 0.1) is 0 Å². The minimum absolute atomic E-state index is 0.170. The molecule has 4 heteroatoms. The van der Waals surface area contributed by atoms with Gasteiger partial charge in [-0.25, -0.2) is 0 Å². The van der Waals surface area contributed by atoms with Crippen LogP contribution in [0.2, 0.25) is 0 Å². The zero-order chi connectivity index (χ0) is 19.1. The largest absolute Gasteiger partial charge is 0.489 e. The van der Waals surface area contributed by atoms with Crippen molar-refractivity contribution in [3.63, 3.8) is 0 Å². The van der Waals surface area contributed by atoms with Crippen molar-refractivity contribution in [2.75, 3.05) is 5.32 Å². The molecule has 3 nitrogen and oxygen atoms in total. The van der Waals surface area contributed by atoms with Crippen molar-refractivity contribution < 1.29 is 9.53 Å². The fraction of sp³-hybridized carbons (Fsp3) is 0.0870. The lowest BCUT2D eigenvalue weighted by atomic mass is 10.2. The summed E-state index contributed by atoms with van der Waals surface area (Å²) in [6.07, 6.45) is 3.30. The SMILES string of the molecule is Cc1cc(Br)ccc1NC(=O)/C=C/c1cccc(OCc2ccccc2)c1. The van der Waals surface area contributed by atoms with Crippen molar-refractivity contribution in [1.29, 1.82) is 0 Å². The van der Waals surface area contributed by atoms with E-state index in [0.29, 0.717) is 6.61 Å². The van der Waals surface area contributed by atoms with Crippen molar-refractivity contribution in [2.24, 2.45) is 0 Å². The quantitative estimate of drug-likeness (QED) is 0.496. The molecular weight excluding hydrogens is 402 g/mol. The smallest absolute Gasteiger partial charge is 0.248 e. The third-order valence-corrected chi connectivity index (χ3v) is 4.47. The summed E-state index contributed by atoms with van der Waals surface area (Å²) in [6, 6.07) is 23.4. The maximum Gasteiger partial charge on any atom is 0.248 e. The molecule has 0 unspecified atom stereocenters. The van der Waals surface area contributed by atoms with Gasteiger partial charge in [-0.15, -0.1) is 0 Å². The molecule has 0 saturated heterocycles. The number of ether oxygens (including phenoxy) is 1. The summed E-state index contributed by atoms with van der Waals surface area (Å²) in [4.78, 5) is 12.2. The van der Waals surface area contributed by atoms with E-state index >= 15 is 0 Å². The third-order valence-electron chi connectivity index (χ3n) is 3.98. The van der Waals surface area contributed by atoms with Gasteiger partial charge in [0.15, 0.2) is 0 Å². The standard InChI is InChI=1S/C23H20BrNO2/c1-17-14-20(24)11-12-22(17)25-23(26)13-10-18-8-5-9-21(15-18)27-16-19-6-3-2-4-7-19/h2-15H,16H2,1H3,(H,25,26)/b13-10+. The Morgan fingerprint density at radius 2 is 1.85 bits per heavy atom. The average molecular weight is 422 g/mol. The van der Waals surface area contributed by atoms with E-state index in [1.54, 1.807) is 6.08 Å². The van der Waals surface area contributed by atoms with E-state index < -0.39 is 0 Å². The summed E-state index contributed by atoms with van der Waals surface area (Å²) in [5.41, 5.74) is 3.82. The molecule has 0 aliphatic rings. The summed E-state index contributed by atoms with van der Waals surface area (Å²) in [6.45, 7) is 2.47. The van der Waals surface area contributed by atoms with E-state index in [2.05, 4.69) is 21.2 Å². The van der Waals surface area contributed by atoms with Crippen LogP contribution in [0.5, 0.6) is 5.75 Å². The lowest BCUT2D eigenvalue weighted by Crippen LogP contribution is -2.08. The Hall–Kier alpha value is -2.85. The number of hydrogen-bond donors (Lipinski definition) is 1. The fourth-order valence-corrected chi connectivity index (χ4v) is 3.04. The first-order valence-electron chi connectivity index (χ1n) is 8.62. The van der Waals surface area contributed by atoms with Gasteiger partial charge in [0.2, 0.25) is 5.91 Å². The molecule has 27 heavy (non-hydrogen) atoms. The molecule has 0 radical (unpaired) electrons. The van der Waals surface area contributed by atoms with Crippen LogP contribution >= 0.6 is 15.9 Å². The Kier molecular flexibility index (Phi) is 6.44. The molecule has 0 aromatic heterocycles. The van der Waals surface area contributed by atoms with Crippen LogP contribution in [0, 0.1) is 6.92 Å². The Labute approximate surface area is 167 Å². The first-order chi connectivity index (χ1) is 13.1. The van der Waals surface area contributed by atoms with Crippen molar-refractivity contribution in [2.45, 2.75) is 13.5 Å². The summed E-state index contributed by atoms with van der Waals surface area (Å²) >= 11 is 3.42. The zero-order valence-electron chi connectivity index (χ0n) is 15.0. The molecule has 0 spiro atoms. The van der Waals surface area contributed by atoms with Gasteiger partial charge in [-0.1, -0.05) is 58.4 Å². The number of anilines is 1. The molecule has 0 atom stereocenters. The number of rotatable bonds is 6. The number of carbonyl (C=O) groups excluding carboxylic acids is 1. The number of aryl methyl sites for hydroxylation is 1. The van der Waals surface area contributed by atoms with Crippen LogP contribution in [0.1, 0.15) is 16.7 Å². The number of benzene rings is 3. The van der Waals surface area contributed by atoms with Gasteiger partial charge in [-0.3, -0.25) is 4.79 Å². The molecule has 0 bridgehead atoms. The summed E-state index contributed by atoms with van der Waals surface area (Å²) in [5.74, 6) is 0.598. The highest BCUT2D eigenvalue weighted by Crippen LogP contribution is 2.20. The van der Waals surface area contributed by atoms with Crippen LogP contribution in [0.25, 0.3) is 6.08 Å². The van der Waals surface area contributed by atoms with Crippen molar-refractivity contribution in [3.8, 4) is 5.75 Å². The topological polar surface area (TPSA) is 38.3 Å². The van der Waals surface area contributed by atoms with Gasteiger partial charge in [0, 0.05) is 16.2 Å². The molecule has 1 N–H and O–H groups in total. The Balaban J connectivity index is 1.60. The molecule has 3 aromatic rings. The van der Waals surface area contributed by atoms with Gasteiger partial charge >= 0.3 is 0 Å². The number of nitrogens with one attached hydrogen (secondary N) is 1. The van der Waals surface area contributed by atoms with Crippen LogP contribution in [0.15, 0.2) is 83.3 Å². The number of halogens is 1. The Morgan fingerprint density at radius 1 is 1.04 bits per heavy atom. The van der Waals surface area contributed by atoms with Crippen molar-refractivity contribution in [3.05, 3.63) is 100 Å². The maximum atomic E-state index is 12.2. The zero-order valence-corrected chi connectivity index (χ0v) is 16.6. The second-order valence-corrected chi connectivity index (χ2v) is 7.04. The summed E-state index contributed by atoms with van der Waals surface area (Å²) in [7, 11) is 0. The maximum absolute atomic E-state index is 12.2.